The van der Waals surface area contributed by atoms with E-state index in [1.807, 2.05) is 97.1 Å². The highest BCUT2D eigenvalue weighted by molar-refractivity contribution is 6.39. The number of nitriles is 1. The van der Waals surface area contributed by atoms with Gasteiger partial charge in [-0.05, 0) is 42.5 Å². The van der Waals surface area contributed by atoms with E-state index in [9.17, 15) is 5.26 Å². The summed E-state index contributed by atoms with van der Waals surface area (Å²) in [6, 6.07) is 68.8. The molecule has 14 rings (SSSR count). The van der Waals surface area contributed by atoms with Gasteiger partial charge in [0.05, 0.1) is 50.2 Å². The molecular weight excluding hydrogens is 813 g/mol. The van der Waals surface area contributed by atoms with Gasteiger partial charge in [0.15, 0.2) is 11.4 Å². The Bertz CT molecular complexity index is 4260. The van der Waals surface area contributed by atoms with E-state index >= 15 is 0 Å². The van der Waals surface area contributed by atoms with Gasteiger partial charge >= 0.3 is 0 Å². The number of rotatable bonds is 5. The van der Waals surface area contributed by atoms with E-state index in [0.717, 1.165) is 98.8 Å². The number of furan rings is 2. The molecule has 5 heterocycles. The van der Waals surface area contributed by atoms with Crippen LogP contribution in [0.25, 0.3) is 98.9 Å². The molecule has 0 bridgehead atoms. The van der Waals surface area contributed by atoms with Crippen molar-refractivity contribution in [1.29, 1.82) is 5.26 Å². The van der Waals surface area contributed by atoms with Crippen molar-refractivity contribution < 1.29 is 8.83 Å². The largest absolute Gasteiger partial charge is 0.455 e. The smallest absolute Gasteiger partial charge is 0.159 e. The first-order valence-electron chi connectivity index (χ1n) is 22.0. The lowest BCUT2D eigenvalue weighted by Gasteiger charge is -2.25. The quantitative estimate of drug-likeness (QED) is 0.187. The van der Waals surface area contributed by atoms with Crippen LogP contribution >= 0.6 is 0 Å². The predicted octanol–water partition coefficient (Wildman–Crippen LogP) is 14.0. The predicted molar refractivity (Wildman–Crippen MR) is 266 cm³/mol. The third kappa shape index (κ3) is 5.08. The molecule has 0 aliphatic carbocycles. The molecule has 13 aromatic rings. The van der Waals surface area contributed by atoms with Gasteiger partial charge in [0.25, 0.3) is 0 Å². The number of benzene rings is 9. The minimum absolute atomic E-state index is 0.464. The number of aliphatic imine (C=N–C) groups is 2. The Hall–Kier alpha value is -9.19. The van der Waals surface area contributed by atoms with Gasteiger partial charge in [0.2, 0.25) is 0 Å². The summed E-state index contributed by atoms with van der Waals surface area (Å²) in [6.45, 7) is 0. The number of fused-ring (bicyclic) bond motifs is 15. The van der Waals surface area contributed by atoms with Crippen LogP contribution in [0.2, 0.25) is 0 Å². The van der Waals surface area contributed by atoms with Crippen molar-refractivity contribution in [3.8, 4) is 17.4 Å². The first kappa shape index (κ1) is 36.3. The van der Waals surface area contributed by atoms with Gasteiger partial charge in [0.1, 0.15) is 28.8 Å². The SMILES string of the molecule is N#Cc1cc(-n2c3ccccc3c3c4c(c5ccccc5n4-c4ccccc4)c4oc5ccccc5c4c32)c2oc3ccccc3c2c1C1N=C(c2ccccc2)N=C(c2ccccc2)N1. The van der Waals surface area contributed by atoms with Crippen LogP contribution in [0, 0.1) is 11.3 Å². The van der Waals surface area contributed by atoms with E-state index in [0.29, 0.717) is 34.0 Å². The number of amidine groups is 2. The molecule has 8 heteroatoms. The lowest BCUT2D eigenvalue weighted by molar-refractivity contribution is 0.659. The van der Waals surface area contributed by atoms with E-state index in [2.05, 4.69) is 118 Å². The van der Waals surface area contributed by atoms with Gasteiger partial charge in [-0.3, -0.25) is 0 Å². The average Bonchev–Trinajstić information content (AvgIpc) is 4.15. The summed E-state index contributed by atoms with van der Waals surface area (Å²) < 4.78 is 18.8. The molecule has 1 N–H and O–H groups in total. The van der Waals surface area contributed by atoms with E-state index in [-0.39, 0.29) is 0 Å². The molecule has 4 aromatic heterocycles. The first-order chi connectivity index (χ1) is 32.7. The lowest BCUT2D eigenvalue weighted by atomic mass is 9.96. The fourth-order valence-corrected chi connectivity index (χ4v) is 10.5. The van der Waals surface area contributed by atoms with E-state index in [1.165, 1.54) is 0 Å². The highest BCUT2D eigenvalue weighted by Crippen LogP contribution is 2.51. The van der Waals surface area contributed by atoms with Gasteiger partial charge in [-0.1, -0.05) is 152 Å². The number of nitrogens with zero attached hydrogens (tertiary/aromatic N) is 5. The number of hydrogen-bond acceptors (Lipinski definition) is 6. The molecular formula is C58H34N6O2. The Morgan fingerprint density at radius 3 is 1.70 bits per heavy atom. The second-order valence-corrected chi connectivity index (χ2v) is 16.8. The van der Waals surface area contributed by atoms with Crippen LogP contribution in [-0.2, 0) is 0 Å². The molecule has 308 valence electrons. The van der Waals surface area contributed by atoms with Crippen molar-refractivity contribution >= 4 is 99.2 Å². The third-order valence-corrected chi connectivity index (χ3v) is 13.2. The molecule has 0 spiro atoms. The van der Waals surface area contributed by atoms with Crippen molar-refractivity contribution in [2.75, 3.05) is 0 Å². The van der Waals surface area contributed by atoms with Crippen LogP contribution < -0.4 is 5.32 Å². The second-order valence-electron chi connectivity index (χ2n) is 16.8. The molecule has 66 heavy (non-hydrogen) atoms. The van der Waals surface area contributed by atoms with E-state index in [1.54, 1.807) is 0 Å². The summed E-state index contributed by atoms with van der Waals surface area (Å²) in [5.74, 6) is 1.24. The van der Waals surface area contributed by atoms with Gasteiger partial charge < -0.3 is 23.3 Å². The van der Waals surface area contributed by atoms with Crippen molar-refractivity contribution in [2.24, 2.45) is 9.98 Å². The zero-order valence-corrected chi connectivity index (χ0v) is 35.1. The van der Waals surface area contributed by atoms with Crippen molar-refractivity contribution in [1.82, 2.24) is 14.5 Å². The number of nitrogens with one attached hydrogen (secondary N) is 1. The monoisotopic (exact) mass is 846 g/mol. The van der Waals surface area contributed by atoms with Gasteiger partial charge in [0, 0.05) is 54.7 Å². The zero-order valence-electron chi connectivity index (χ0n) is 35.1. The molecule has 1 aliphatic heterocycles. The molecule has 1 aliphatic rings. The maximum Gasteiger partial charge on any atom is 0.159 e. The fourth-order valence-electron chi connectivity index (χ4n) is 10.5. The average molecular weight is 847 g/mol. The van der Waals surface area contributed by atoms with Crippen LogP contribution in [0.4, 0.5) is 0 Å². The third-order valence-electron chi connectivity index (χ3n) is 13.2. The molecule has 9 aromatic carbocycles. The van der Waals surface area contributed by atoms with E-state index in [4.69, 9.17) is 18.8 Å². The molecule has 0 saturated carbocycles. The maximum atomic E-state index is 11.5. The fraction of sp³-hybridized carbons (Fsp3) is 0.0172. The van der Waals surface area contributed by atoms with Gasteiger partial charge in [-0.2, -0.15) is 5.26 Å². The van der Waals surface area contributed by atoms with E-state index < -0.39 is 6.17 Å². The molecule has 0 radical (unpaired) electrons. The Balaban J connectivity index is 1.16. The second kappa shape index (κ2) is 13.9. The summed E-state index contributed by atoms with van der Waals surface area (Å²) in [7, 11) is 0. The number of para-hydroxylation sites is 5. The van der Waals surface area contributed by atoms with Gasteiger partial charge in [-0.25, -0.2) is 9.98 Å². The summed E-state index contributed by atoms with van der Waals surface area (Å²) in [5, 5.41) is 23.1. The topological polar surface area (TPSA) is 96.7 Å². The van der Waals surface area contributed by atoms with Gasteiger partial charge in [-0.15, -0.1) is 0 Å². The summed E-state index contributed by atoms with van der Waals surface area (Å²) in [4.78, 5) is 10.4. The van der Waals surface area contributed by atoms with Crippen molar-refractivity contribution in [3.05, 3.63) is 216 Å². The van der Waals surface area contributed by atoms with Crippen LogP contribution in [0.3, 0.4) is 0 Å². The standard InChI is InChI=1S/C58H34N6O2/c59-33-36-32-44(54-48(40-26-12-16-30-45(40)65-54)47(36)58-61-56(34-18-4-1-5-19-34)60-57(62-58)35-20-6-2-7-21-35)64-43-29-15-10-24-38(43)49-52-50(55-51(53(49)64)41-27-13-17-31-46(41)66-55)39-25-11-14-28-42(39)63(52)37-22-8-3-9-23-37/h1-32,58H,(H,60,61,62). The summed E-state index contributed by atoms with van der Waals surface area (Å²) in [6.07, 6.45) is -0.691. The first-order valence-corrected chi connectivity index (χ1v) is 22.0. The lowest BCUT2D eigenvalue weighted by Crippen LogP contribution is -2.34. The van der Waals surface area contributed by atoms with Crippen LogP contribution in [-0.4, -0.2) is 20.8 Å². The Morgan fingerprint density at radius 2 is 1.02 bits per heavy atom. The maximum absolute atomic E-state index is 11.5. The molecule has 0 fully saturated rings. The Kier molecular flexibility index (Phi) is 7.65. The molecule has 1 atom stereocenters. The molecule has 0 saturated heterocycles. The van der Waals surface area contributed by atoms with Crippen molar-refractivity contribution in [3.63, 3.8) is 0 Å². The Labute approximate surface area is 376 Å². The number of aromatic nitrogens is 2. The molecule has 1 unspecified atom stereocenters. The minimum atomic E-state index is -0.691. The number of hydrogen-bond donors (Lipinski definition) is 1. The molecule has 8 nitrogen and oxygen atoms in total. The summed E-state index contributed by atoms with van der Waals surface area (Å²) in [5.41, 5.74) is 11.7. The summed E-state index contributed by atoms with van der Waals surface area (Å²) >= 11 is 0. The molecule has 0 amide bonds. The Morgan fingerprint density at radius 1 is 0.500 bits per heavy atom. The van der Waals surface area contributed by atoms with Crippen LogP contribution in [0.5, 0.6) is 0 Å². The zero-order chi connectivity index (χ0) is 43.5. The highest BCUT2D eigenvalue weighted by Gasteiger charge is 2.32. The highest BCUT2D eigenvalue weighted by atomic mass is 16.3. The normalized spacial score (nSPS) is 14.2. The van der Waals surface area contributed by atoms with Crippen LogP contribution in [0.15, 0.2) is 213 Å². The van der Waals surface area contributed by atoms with Crippen molar-refractivity contribution in [2.45, 2.75) is 6.17 Å². The minimum Gasteiger partial charge on any atom is -0.455 e. The van der Waals surface area contributed by atoms with Crippen LogP contribution in [0.1, 0.15) is 28.4 Å².